The smallest absolute Gasteiger partial charge is 0.161 e. The second-order valence-corrected chi connectivity index (χ2v) is 9.52. The molecule has 0 heterocycles. The second-order valence-electron chi connectivity index (χ2n) is 9.52. The van der Waals surface area contributed by atoms with Crippen LogP contribution in [0.2, 0.25) is 0 Å². The maximum atomic E-state index is 4.86. The van der Waals surface area contributed by atoms with Gasteiger partial charge in [-0.05, 0) is 55.6 Å². The summed E-state index contributed by atoms with van der Waals surface area (Å²) in [6.07, 6.45) is 2.38. The first-order valence-corrected chi connectivity index (χ1v) is 14.1. The van der Waals surface area contributed by atoms with Gasteiger partial charge in [-0.2, -0.15) is 0 Å². The summed E-state index contributed by atoms with van der Waals surface area (Å²) < 4.78 is 9.73. The van der Waals surface area contributed by atoms with Gasteiger partial charge in [0.15, 0.2) is 5.79 Å². The Balaban J connectivity index is -0.000000198. The van der Waals surface area contributed by atoms with Crippen LogP contribution < -0.4 is 0 Å². The van der Waals surface area contributed by atoms with E-state index in [0.717, 1.165) is 0 Å². The molecule has 0 saturated heterocycles. The van der Waals surface area contributed by atoms with E-state index in [4.69, 9.17) is 9.47 Å². The highest BCUT2D eigenvalue weighted by Gasteiger charge is 2.17. The Kier molecular flexibility index (Phi) is 27.4. The Morgan fingerprint density at radius 3 is 1.22 bits per heavy atom. The molecule has 0 spiro atoms. The van der Waals surface area contributed by atoms with Gasteiger partial charge in [0.05, 0.1) is 0 Å². The Hall–Kier alpha value is -1.64. The van der Waals surface area contributed by atoms with Crippen molar-refractivity contribution in [3.05, 3.63) is 71.3 Å². The molecule has 0 saturated carbocycles. The highest BCUT2D eigenvalue weighted by Crippen LogP contribution is 2.27. The zero-order valence-electron chi connectivity index (χ0n) is 27.4. The van der Waals surface area contributed by atoms with E-state index in [-0.39, 0.29) is 0 Å². The summed E-state index contributed by atoms with van der Waals surface area (Å²) in [6.45, 7) is 31.5. The fraction of sp³-hybridized carbons (Fsp3) is 0.647. The first kappa shape index (κ1) is 41.5. The second kappa shape index (κ2) is 23.7. The van der Waals surface area contributed by atoms with Crippen molar-refractivity contribution < 1.29 is 9.47 Å². The summed E-state index contributed by atoms with van der Waals surface area (Å²) in [6, 6.07) is 19.5. The van der Waals surface area contributed by atoms with Crippen LogP contribution in [-0.2, 0) is 20.3 Å². The third kappa shape index (κ3) is 19.5. The van der Waals surface area contributed by atoms with Gasteiger partial charge in [-0.1, -0.05) is 143 Å². The molecule has 0 aliphatic rings. The molecule has 2 aromatic rings. The van der Waals surface area contributed by atoms with Crippen LogP contribution in [0.5, 0.6) is 0 Å². The van der Waals surface area contributed by atoms with Crippen LogP contribution in [-0.4, -0.2) is 20.0 Å². The fourth-order valence-corrected chi connectivity index (χ4v) is 2.45. The molecule has 0 N–H and O–H groups in total. The quantitative estimate of drug-likeness (QED) is 0.364. The van der Waals surface area contributed by atoms with Crippen LogP contribution in [0.1, 0.15) is 126 Å². The predicted molar refractivity (Wildman–Crippen MR) is 166 cm³/mol. The summed E-state index contributed by atoms with van der Waals surface area (Å²) in [5.74, 6) is -0.417. The molecule has 0 fully saturated rings. The van der Waals surface area contributed by atoms with Gasteiger partial charge in [0, 0.05) is 14.2 Å². The van der Waals surface area contributed by atoms with E-state index < -0.39 is 5.79 Å². The molecular weight excluding hydrogens is 440 g/mol. The molecule has 0 atom stereocenters. The Labute approximate surface area is 228 Å². The van der Waals surface area contributed by atoms with Gasteiger partial charge in [-0.3, -0.25) is 0 Å². The maximum Gasteiger partial charge on any atom is 0.161 e. The predicted octanol–water partition coefficient (Wildman–Crippen LogP) is 11.2. The van der Waals surface area contributed by atoms with Gasteiger partial charge < -0.3 is 9.47 Å². The van der Waals surface area contributed by atoms with E-state index in [1.165, 1.54) is 29.5 Å². The standard InChI is InChI=1S/C12H18.C11H16.C5H12O2.3C2H6/c1-5-12(3,4)11-8-6-7-10(2)9-11;1-4-11(2,3)10-8-6-5-7-9-10;1-5(2,6-3)7-4;3*1-2/h6-9H,5H2,1-4H3;5-9H,4H2,1-3H3;1-4H3;3*1-2H3. The minimum absolute atomic E-state index is 0.325. The van der Waals surface area contributed by atoms with Crippen molar-refractivity contribution in [2.45, 2.75) is 133 Å². The zero-order valence-corrected chi connectivity index (χ0v) is 27.4. The molecule has 2 heteroatoms. The lowest BCUT2D eigenvalue weighted by Crippen LogP contribution is -2.24. The van der Waals surface area contributed by atoms with E-state index >= 15 is 0 Å². The van der Waals surface area contributed by atoms with Crippen molar-refractivity contribution in [1.29, 1.82) is 0 Å². The molecule has 0 bridgehead atoms. The van der Waals surface area contributed by atoms with Crippen LogP contribution >= 0.6 is 0 Å². The zero-order chi connectivity index (χ0) is 29.4. The summed E-state index contributed by atoms with van der Waals surface area (Å²) in [4.78, 5) is 0. The average Bonchev–Trinajstić information content (AvgIpc) is 2.93. The molecule has 2 aromatic carbocycles. The van der Waals surface area contributed by atoms with Crippen LogP contribution in [0.15, 0.2) is 54.6 Å². The van der Waals surface area contributed by atoms with E-state index in [2.05, 4.69) is 103 Å². The number of rotatable bonds is 6. The average molecular weight is 505 g/mol. The van der Waals surface area contributed by atoms with Crippen molar-refractivity contribution in [3.8, 4) is 0 Å². The van der Waals surface area contributed by atoms with E-state index in [1.54, 1.807) is 14.2 Å². The number of hydrogen-bond acceptors (Lipinski definition) is 2. The molecule has 36 heavy (non-hydrogen) atoms. The highest BCUT2D eigenvalue weighted by atomic mass is 16.7. The topological polar surface area (TPSA) is 18.5 Å². The first-order valence-electron chi connectivity index (χ1n) is 14.1. The van der Waals surface area contributed by atoms with Crippen molar-refractivity contribution in [2.24, 2.45) is 0 Å². The third-order valence-corrected chi connectivity index (χ3v) is 6.11. The van der Waals surface area contributed by atoms with Gasteiger partial charge >= 0.3 is 0 Å². The SMILES string of the molecule is CC.CC.CC.CCC(C)(C)c1cccc(C)c1.CCC(C)(C)c1ccccc1.COC(C)(C)OC. The molecular formula is C34H64O2. The van der Waals surface area contributed by atoms with Gasteiger partial charge in [0.1, 0.15) is 0 Å². The van der Waals surface area contributed by atoms with Crippen LogP contribution in [0, 0.1) is 6.92 Å². The minimum Gasteiger partial charge on any atom is -0.354 e. The minimum atomic E-state index is -0.417. The Bertz CT molecular complexity index is 694. The van der Waals surface area contributed by atoms with Crippen molar-refractivity contribution >= 4 is 0 Å². The van der Waals surface area contributed by atoms with E-state index in [0.29, 0.717) is 10.8 Å². The Morgan fingerprint density at radius 1 is 0.556 bits per heavy atom. The number of aryl methyl sites for hydroxylation is 1. The summed E-state index contributed by atoms with van der Waals surface area (Å²) >= 11 is 0. The molecule has 0 aliphatic heterocycles. The fourth-order valence-electron chi connectivity index (χ4n) is 2.45. The highest BCUT2D eigenvalue weighted by molar-refractivity contribution is 5.28. The molecule has 0 aromatic heterocycles. The number of benzene rings is 2. The van der Waals surface area contributed by atoms with Crippen molar-refractivity contribution in [1.82, 2.24) is 0 Å². The van der Waals surface area contributed by atoms with Crippen molar-refractivity contribution in [3.63, 3.8) is 0 Å². The largest absolute Gasteiger partial charge is 0.354 e. The molecule has 0 amide bonds. The molecule has 212 valence electrons. The van der Waals surface area contributed by atoms with Crippen molar-refractivity contribution in [2.75, 3.05) is 14.2 Å². The van der Waals surface area contributed by atoms with E-state index in [9.17, 15) is 0 Å². The maximum absolute atomic E-state index is 4.86. The molecule has 2 nitrogen and oxygen atoms in total. The van der Waals surface area contributed by atoms with Crippen LogP contribution in [0.4, 0.5) is 0 Å². The summed E-state index contributed by atoms with van der Waals surface area (Å²) in [5.41, 5.74) is 4.90. The normalized spacial score (nSPS) is 10.2. The van der Waals surface area contributed by atoms with Crippen LogP contribution in [0.3, 0.4) is 0 Å². The van der Waals surface area contributed by atoms with Gasteiger partial charge in [0.25, 0.3) is 0 Å². The van der Waals surface area contributed by atoms with Gasteiger partial charge in [-0.15, -0.1) is 0 Å². The summed E-state index contributed by atoms with van der Waals surface area (Å²) in [5, 5.41) is 0. The molecule has 0 unspecified atom stereocenters. The monoisotopic (exact) mass is 504 g/mol. The lowest BCUT2D eigenvalue weighted by Gasteiger charge is -2.23. The van der Waals surface area contributed by atoms with Crippen LogP contribution in [0.25, 0.3) is 0 Å². The van der Waals surface area contributed by atoms with E-state index in [1.807, 2.05) is 55.4 Å². The first-order chi connectivity index (χ1) is 16.8. The number of methoxy groups -OCH3 is 2. The lowest BCUT2D eigenvalue weighted by molar-refractivity contribution is -0.178. The number of hydrogen-bond donors (Lipinski definition) is 0. The Morgan fingerprint density at radius 2 is 0.917 bits per heavy atom. The third-order valence-electron chi connectivity index (χ3n) is 6.11. The van der Waals surface area contributed by atoms with Gasteiger partial charge in [0.2, 0.25) is 0 Å². The molecule has 2 rings (SSSR count). The number of ether oxygens (including phenoxy) is 2. The molecule has 0 aliphatic carbocycles. The summed E-state index contributed by atoms with van der Waals surface area (Å²) in [7, 11) is 3.23. The lowest BCUT2D eigenvalue weighted by atomic mass is 9.82. The molecule has 0 radical (unpaired) electrons. The van der Waals surface area contributed by atoms with Gasteiger partial charge in [-0.25, -0.2) is 0 Å².